The molecule has 86 valence electrons. The quantitative estimate of drug-likeness (QED) is 0.786. The average molecular weight is 262 g/mol. The van der Waals surface area contributed by atoms with E-state index in [9.17, 15) is 5.26 Å². The smallest absolute Gasteiger partial charge is 0.0716 e. The lowest BCUT2D eigenvalue weighted by molar-refractivity contribution is 0.753. The lowest BCUT2D eigenvalue weighted by Crippen LogP contribution is -1.97. The van der Waals surface area contributed by atoms with Crippen molar-refractivity contribution in [1.29, 1.82) is 5.26 Å². The van der Waals surface area contributed by atoms with E-state index in [0.29, 0.717) is 5.02 Å². The molecule has 2 aromatic rings. The second-order valence-corrected chi connectivity index (χ2v) is 5.32. The summed E-state index contributed by atoms with van der Waals surface area (Å²) < 4.78 is 0. The first kappa shape index (κ1) is 12.2. The van der Waals surface area contributed by atoms with Crippen LogP contribution in [-0.2, 0) is 6.42 Å². The molecular weight excluding hydrogens is 250 g/mol. The zero-order valence-electron chi connectivity index (χ0n) is 9.27. The molecule has 0 amide bonds. The Morgan fingerprint density at radius 3 is 2.59 bits per heavy atom. The van der Waals surface area contributed by atoms with Gasteiger partial charge in [0.1, 0.15) is 0 Å². The van der Waals surface area contributed by atoms with Crippen LogP contribution in [0.4, 0.5) is 0 Å². The van der Waals surface area contributed by atoms with Crippen LogP contribution in [0.5, 0.6) is 0 Å². The highest BCUT2D eigenvalue weighted by atomic mass is 35.5. The normalized spacial score (nSPS) is 12.0. The molecule has 1 aromatic heterocycles. The van der Waals surface area contributed by atoms with E-state index in [2.05, 4.69) is 17.5 Å². The Kier molecular flexibility index (Phi) is 4.19. The van der Waals surface area contributed by atoms with Crippen molar-refractivity contribution in [3.05, 3.63) is 57.2 Å². The Bertz CT molecular complexity index is 496. The largest absolute Gasteiger partial charge is 0.198 e. The summed E-state index contributed by atoms with van der Waals surface area (Å²) in [6, 6.07) is 14.1. The van der Waals surface area contributed by atoms with Crippen LogP contribution in [0.2, 0.25) is 5.02 Å². The third-order valence-corrected chi connectivity index (χ3v) is 3.88. The van der Waals surface area contributed by atoms with Crippen LogP contribution in [0.3, 0.4) is 0 Å². The highest BCUT2D eigenvalue weighted by molar-refractivity contribution is 7.09. The van der Waals surface area contributed by atoms with Gasteiger partial charge in [0.05, 0.1) is 12.0 Å². The van der Waals surface area contributed by atoms with Crippen LogP contribution < -0.4 is 0 Å². The summed E-state index contributed by atoms with van der Waals surface area (Å²) >= 11 is 7.58. The first-order valence-electron chi connectivity index (χ1n) is 5.47. The second kappa shape index (κ2) is 5.86. The molecule has 0 N–H and O–H groups in total. The van der Waals surface area contributed by atoms with Crippen molar-refractivity contribution in [3.8, 4) is 6.07 Å². The summed E-state index contributed by atoms with van der Waals surface area (Å²) in [5.41, 5.74) is 1.05. The first-order chi connectivity index (χ1) is 8.29. The van der Waals surface area contributed by atoms with Crippen molar-refractivity contribution < 1.29 is 0 Å². The van der Waals surface area contributed by atoms with Crippen LogP contribution in [-0.4, -0.2) is 0 Å². The van der Waals surface area contributed by atoms with Crippen LogP contribution in [0, 0.1) is 11.3 Å². The number of aryl methyl sites for hydroxylation is 1. The van der Waals surface area contributed by atoms with Gasteiger partial charge in [0.25, 0.3) is 0 Å². The summed E-state index contributed by atoms with van der Waals surface area (Å²) in [5, 5.41) is 12.0. The summed E-state index contributed by atoms with van der Waals surface area (Å²) in [7, 11) is 0. The predicted molar refractivity (Wildman–Crippen MR) is 72.4 cm³/mol. The van der Waals surface area contributed by atoms with E-state index in [0.717, 1.165) is 18.4 Å². The number of benzene rings is 1. The third kappa shape index (κ3) is 3.33. The highest BCUT2D eigenvalue weighted by Gasteiger charge is 2.10. The molecule has 1 atom stereocenters. The Morgan fingerprint density at radius 1 is 1.24 bits per heavy atom. The fraction of sp³-hybridized carbons (Fsp3) is 0.214. The molecule has 1 heterocycles. The molecular formula is C14H12ClNS. The first-order valence-corrected chi connectivity index (χ1v) is 6.73. The fourth-order valence-corrected chi connectivity index (χ4v) is 2.59. The Morgan fingerprint density at radius 2 is 2.00 bits per heavy atom. The maximum atomic E-state index is 9.20. The molecule has 0 aliphatic heterocycles. The van der Waals surface area contributed by atoms with E-state index in [1.807, 2.05) is 30.3 Å². The van der Waals surface area contributed by atoms with Gasteiger partial charge in [-0.15, -0.1) is 11.3 Å². The number of rotatable bonds is 4. The number of nitrogens with zero attached hydrogens (tertiary/aromatic N) is 1. The zero-order chi connectivity index (χ0) is 12.1. The van der Waals surface area contributed by atoms with Gasteiger partial charge in [0.15, 0.2) is 0 Å². The van der Waals surface area contributed by atoms with E-state index in [-0.39, 0.29) is 5.92 Å². The third-order valence-electron chi connectivity index (χ3n) is 2.69. The Hall–Kier alpha value is -1.30. The number of nitriles is 1. The van der Waals surface area contributed by atoms with E-state index < -0.39 is 0 Å². The number of hydrogen-bond acceptors (Lipinski definition) is 2. The van der Waals surface area contributed by atoms with E-state index in [1.165, 1.54) is 4.88 Å². The van der Waals surface area contributed by atoms with Gasteiger partial charge in [-0.3, -0.25) is 0 Å². The maximum absolute atomic E-state index is 9.20. The predicted octanol–water partition coefficient (Wildman–Crippen LogP) is 4.64. The Labute approximate surface area is 110 Å². The molecule has 0 fully saturated rings. The molecule has 0 saturated carbocycles. The van der Waals surface area contributed by atoms with Crippen molar-refractivity contribution >= 4 is 22.9 Å². The van der Waals surface area contributed by atoms with Gasteiger partial charge in [0, 0.05) is 9.90 Å². The topological polar surface area (TPSA) is 23.8 Å². The lowest BCUT2D eigenvalue weighted by atomic mass is 9.95. The molecule has 1 unspecified atom stereocenters. The molecule has 1 nitrogen and oxygen atoms in total. The molecule has 3 heteroatoms. The van der Waals surface area contributed by atoms with Crippen LogP contribution in [0.15, 0.2) is 41.8 Å². The average Bonchev–Trinajstić information content (AvgIpc) is 2.85. The van der Waals surface area contributed by atoms with Gasteiger partial charge >= 0.3 is 0 Å². The van der Waals surface area contributed by atoms with Gasteiger partial charge in [-0.2, -0.15) is 5.26 Å². The van der Waals surface area contributed by atoms with Gasteiger partial charge in [-0.05, 0) is 42.0 Å². The highest BCUT2D eigenvalue weighted by Crippen LogP contribution is 2.23. The standard InChI is InChI=1S/C14H12ClNS/c15-13-6-3-11(4-7-13)12(10-16)5-8-14-2-1-9-17-14/h1-4,6-7,9,12H,5,8H2. The summed E-state index contributed by atoms with van der Waals surface area (Å²) in [6.07, 6.45) is 1.82. The minimum absolute atomic E-state index is 0.0469. The minimum atomic E-state index is -0.0469. The van der Waals surface area contributed by atoms with Gasteiger partial charge in [-0.25, -0.2) is 0 Å². The molecule has 1 aromatic carbocycles. The lowest BCUT2D eigenvalue weighted by Gasteiger charge is -2.08. The van der Waals surface area contributed by atoms with Crippen molar-refractivity contribution in [1.82, 2.24) is 0 Å². The van der Waals surface area contributed by atoms with Crippen LogP contribution in [0.1, 0.15) is 22.8 Å². The molecule has 17 heavy (non-hydrogen) atoms. The molecule has 0 spiro atoms. The monoisotopic (exact) mass is 261 g/mol. The molecule has 2 rings (SSSR count). The fourth-order valence-electron chi connectivity index (χ4n) is 1.74. The van der Waals surface area contributed by atoms with Gasteiger partial charge < -0.3 is 0 Å². The minimum Gasteiger partial charge on any atom is -0.198 e. The van der Waals surface area contributed by atoms with Gasteiger partial charge in [-0.1, -0.05) is 29.8 Å². The molecule has 0 saturated heterocycles. The van der Waals surface area contributed by atoms with Crippen LogP contribution in [0.25, 0.3) is 0 Å². The van der Waals surface area contributed by atoms with E-state index in [4.69, 9.17) is 11.6 Å². The van der Waals surface area contributed by atoms with Crippen molar-refractivity contribution in [2.45, 2.75) is 18.8 Å². The SMILES string of the molecule is N#CC(CCc1cccs1)c1ccc(Cl)cc1. The van der Waals surface area contributed by atoms with Gasteiger partial charge in [0.2, 0.25) is 0 Å². The number of halogens is 1. The maximum Gasteiger partial charge on any atom is 0.0716 e. The molecule has 0 bridgehead atoms. The summed E-state index contributed by atoms with van der Waals surface area (Å²) in [6.45, 7) is 0. The summed E-state index contributed by atoms with van der Waals surface area (Å²) in [4.78, 5) is 1.33. The van der Waals surface area contributed by atoms with Crippen molar-refractivity contribution in [3.63, 3.8) is 0 Å². The number of thiophene rings is 1. The molecule has 0 aliphatic carbocycles. The van der Waals surface area contributed by atoms with E-state index >= 15 is 0 Å². The van der Waals surface area contributed by atoms with Crippen molar-refractivity contribution in [2.75, 3.05) is 0 Å². The van der Waals surface area contributed by atoms with E-state index in [1.54, 1.807) is 11.3 Å². The molecule has 0 radical (unpaired) electrons. The number of hydrogen-bond donors (Lipinski definition) is 0. The zero-order valence-corrected chi connectivity index (χ0v) is 10.8. The summed E-state index contributed by atoms with van der Waals surface area (Å²) in [5.74, 6) is -0.0469. The van der Waals surface area contributed by atoms with Crippen LogP contribution >= 0.6 is 22.9 Å². The second-order valence-electron chi connectivity index (χ2n) is 3.85. The molecule has 0 aliphatic rings. The Balaban J connectivity index is 2.02. The van der Waals surface area contributed by atoms with Crippen molar-refractivity contribution in [2.24, 2.45) is 0 Å².